The minimum Gasteiger partial charge on any atom is -0.466 e. The second-order valence-electron chi connectivity index (χ2n) is 3.40. The first-order valence-corrected chi connectivity index (χ1v) is 5.05. The molecule has 0 aromatic carbocycles. The van der Waals surface area contributed by atoms with E-state index in [1.165, 1.54) is 6.92 Å². The molecule has 0 aliphatic rings. The topological polar surface area (TPSA) is 39.2 Å². The van der Waals surface area contributed by atoms with Crippen molar-refractivity contribution in [2.75, 3.05) is 6.61 Å². The van der Waals surface area contributed by atoms with Crippen molar-refractivity contribution in [3.8, 4) is 0 Å². The summed E-state index contributed by atoms with van der Waals surface area (Å²) in [6.45, 7) is 3.10. The number of carbonyl (C=O) groups is 1. The predicted molar refractivity (Wildman–Crippen MR) is 54.2 cm³/mol. The van der Waals surface area contributed by atoms with Crippen LogP contribution >= 0.6 is 0 Å². The number of nitrogens with zero attached hydrogens (tertiary/aromatic N) is 1. The van der Waals surface area contributed by atoms with Crippen LogP contribution in [0.5, 0.6) is 0 Å². The third-order valence-corrected chi connectivity index (χ3v) is 2.10. The fourth-order valence-electron chi connectivity index (χ4n) is 1.41. The molecular weight excluding hydrogens is 235 g/mol. The summed E-state index contributed by atoms with van der Waals surface area (Å²) in [4.78, 5) is 14.6. The van der Waals surface area contributed by atoms with E-state index in [1.807, 2.05) is 0 Å². The van der Waals surface area contributed by atoms with Crippen molar-refractivity contribution in [2.24, 2.45) is 0 Å². The Labute approximate surface area is 96.6 Å². The van der Waals surface area contributed by atoms with Crippen LogP contribution in [-0.2, 0) is 16.0 Å². The number of alkyl halides is 2. The minimum absolute atomic E-state index is 0.115. The molecule has 3 nitrogen and oxygen atoms in total. The highest BCUT2D eigenvalue weighted by Gasteiger charge is 2.21. The number of hydrogen-bond acceptors (Lipinski definition) is 3. The van der Waals surface area contributed by atoms with Gasteiger partial charge in [0, 0.05) is 16.8 Å². The van der Waals surface area contributed by atoms with Crippen LogP contribution in [0.3, 0.4) is 0 Å². The third-order valence-electron chi connectivity index (χ3n) is 2.10. The highest BCUT2D eigenvalue weighted by molar-refractivity contribution is 5.73. The number of esters is 1. The van der Waals surface area contributed by atoms with Crippen molar-refractivity contribution in [1.29, 1.82) is 0 Å². The van der Waals surface area contributed by atoms with Crippen LogP contribution in [0.1, 0.15) is 30.2 Å². The van der Waals surface area contributed by atoms with Crippen molar-refractivity contribution in [3.05, 3.63) is 28.8 Å². The maximum absolute atomic E-state index is 13.4. The zero-order valence-corrected chi connectivity index (χ0v) is 9.47. The van der Waals surface area contributed by atoms with Crippen LogP contribution in [-0.4, -0.2) is 17.6 Å². The van der Waals surface area contributed by atoms with E-state index in [-0.39, 0.29) is 12.3 Å². The summed E-state index contributed by atoms with van der Waals surface area (Å²) >= 11 is 0. The molecule has 0 aliphatic heterocycles. The number of aromatic nitrogens is 1. The van der Waals surface area contributed by atoms with Gasteiger partial charge in [0.15, 0.2) is 0 Å². The molecule has 0 fully saturated rings. The molecule has 0 spiro atoms. The van der Waals surface area contributed by atoms with Gasteiger partial charge in [0.05, 0.1) is 13.0 Å². The molecule has 6 heteroatoms. The summed E-state index contributed by atoms with van der Waals surface area (Å²) in [6.07, 6.45) is -3.39. The Hall–Kier alpha value is -1.59. The lowest BCUT2D eigenvalue weighted by atomic mass is 10.1. The van der Waals surface area contributed by atoms with Gasteiger partial charge in [-0.25, -0.2) is 13.8 Å². The van der Waals surface area contributed by atoms with E-state index in [4.69, 9.17) is 0 Å². The average Bonchev–Trinajstić information content (AvgIpc) is 2.21. The number of ether oxygens (including phenoxy) is 1. The van der Waals surface area contributed by atoms with E-state index < -0.39 is 35.9 Å². The molecule has 0 amide bonds. The number of halogens is 3. The van der Waals surface area contributed by atoms with Crippen LogP contribution in [0.25, 0.3) is 0 Å². The van der Waals surface area contributed by atoms with Gasteiger partial charge < -0.3 is 4.74 Å². The Morgan fingerprint density at radius 1 is 1.53 bits per heavy atom. The Kier molecular flexibility index (Phi) is 4.48. The van der Waals surface area contributed by atoms with Crippen molar-refractivity contribution >= 4 is 5.97 Å². The van der Waals surface area contributed by atoms with Gasteiger partial charge in [-0.15, -0.1) is 0 Å². The Balaban J connectivity index is 3.08. The summed E-state index contributed by atoms with van der Waals surface area (Å²) in [5.41, 5.74) is -0.766. The van der Waals surface area contributed by atoms with Crippen LogP contribution in [0, 0.1) is 12.9 Å². The largest absolute Gasteiger partial charge is 0.466 e. The maximum Gasteiger partial charge on any atom is 0.310 e. The van der Waals surface area contributed by atoms with E-state index in [0.29, 0.717) is 0 Å². The minimum atomic E-state index is -2.85. The summed E-state index contributed by atoms with van der Waals surface area (Å²) < 4.78 is 43.4. The Morgan fingerprint density at radius 3 is 2.71 bits per heavy atom. The maximum atomic E-state index is 13.4. The quantitative estimate of drug-likeness (QED) is 0.606. The number of aryl methyl sites for hydroxylation is 1. The van der Waals surface area contributed by atoms with E-state index in [9.17, 15) is 18.0 Å². The number of carbonyl (C=O) groups excluding carboxylic acids is 1. The number of rotatable bonds is 4. The first kappa shape index (κ1) is 13.5. The van der Waals surface area contributed by atoms with Crippen LogP contribution in [0.2, 0.25) is 0 Å². The molecular formula is C11H12F3NO2. The lowest BCUT2D eigenvalue weighted by Crippen LogP contribution is -2.12. The van der Waals surface area contributed by atoms with Gasteiger partial charge in [0.2, 0.25) is 5.95 Å². The van der Waals surface area contributed by atoms with Crippen molar-refractivity contribution in [1.82, 2.24) is 4.98 Å². The molecule has 0 bridgehead atoms. The highest BCUT2D eigenvalue weighted by atomic mass is 19.3. The zero-order chi connectivity index (χ0) is 13.0. The molecule has 0 saturated carbocycles. The van der Waals surface area contributed by atoms with Gasteiger partial charge >= 0.3 is 5.97 Å². The molecule has 0 aliphatic carbocycles. The molecule has 0 radical (unpaired) electrons. The summed E-state index contributed by atoms with van der Waals surface area (Å²) in [5.74, 6) is -1.80. The first-order chi connectivity index (χ1) is 7.95. The normalized spacial score (nSPS) is 10.7. The summed E-state index contributed by atoms with van der Waals surface area (Å²) in [5, 5.41) is 0. The van der Waals surface area contributed by atoms with Gasteiger partial charge in [0.25, 0.3) is 6.43 Å². The smallest absolute Gasteiger partial charge is 0.310 e. The SMILES string of the molecule is CCOC(=O)Cc1c(C(F)F)cc(C)nc1F. The van der Waals surface area contributed by atoms with Gasteiger partial charge in [-0.2, -0.15) is 4.39 Å². The fraction of sp³-hybridized carbons (Fsp3) is 0.455. The third kappa shape index (κ3) is 3.44. The molecule has 17 heavy (non-hydrogen) atoms. The van der Waals surface area contributed by atoms with E-state index in [2.05, 4.69) is 9.72 Å². The Bertz CT molecular complexity index is 421. The second-order valence-corrected chi connectivity index (χ2v) is 3.40. The first-order valence-electron chi connectivity index (χ1n) is 5.05. The summed E-state index contributed by atoms with van der Waals surface area (Å²) in [6, 6.07) is 1.07. The molecule has 94 valence electrons. The van der Waals surface area contributed by atoms with Gasteiger partial charge in [-0.1, -0.05) is 0 Å². The molecule has 1 heterocycles. The monoisotopic (exact) mass is 247 g/mol. The number of pyridine rings is 1. The standard InChI is InChI=1S/C11H12F3NO2/c1-3-17-9(16)5-8-7(10(12)13)4-6(2)15-11(8)14/h4,10H,3,5H2,1-2H3. The van der Waals surface area contributed by atoms with Crippen LogP contribution < -0.4 is 0 Å². The molecule has 1 rings (SSSR count). The molecule has 0 saturated heterocycles. The highest BCUT2D eigenvalue weighted by Crippen LogP contribution is 2.25. The van der Waals surface area contributed by atoms with Gasteiger partial charge in [0.1, 0.15) is 0 Å². The molecule has 0 unspecified atom stereocenters. The van der Waals surface area contributed by atoms with Gasteiger partial charge in [-0.05, 0) is 19.9 Å². The molecule has 0 N–H and O–H groups in total. The van der Waals surface area contributed by atoms with Gasteiger partial charge in [-0.3, -0.25) is 4.79 Å². The van der Waals surface area contributed by atoms with Crippen molar-refractivity contribution in [2.45, 2.75) is 26.7 Å². The molecule has 1 aromatic heterocycles. The van der Waals surface area contributed by atoms with Crippen molar-refractivity contribution < 1.29 is 22.7 Å². The predicted octanol–water partition coefficient (Wildman–Crippen LogP) is 2.57. The Morgan fingerprint density at radius 2 is 2.18 bits per heavy atom. The van der Waals surface area contributed by atoms with E-state index in [0.717, 1.165) is 6.07 Å². The second kappa shape index (κ2) is 5.65. The summed E-state index contributed by atoms with van der Waals surface area (Å²) in [7, 11) is 0. The number of hydrogen-bond donors (Lipinski definition) is 0. The molecule has 1 aromatic rings. The average molecular weight is 247 g/mol. The van der Waals surface area contributed by atoms with Crippen molar-refractivity contribution in [3.63, 3.8) is 0 Å². The van der Waals surface area contributed by atoms with E-state index >= 15 is 0 Å². The van der Waals surface area contributed by atoms with Crippen LogP contribution in [0.15, 0.2) is 6.07 Å². The van der Waals surface area contributed by atoms with E-state index in [1.54, 1.807) is 6.92 Å². The molecule has 0 atom stereocenters. The van der Waals surface area contributed by atoms with Crippen LogP contribution in [0.4, 0.5) is 13.2 Å². The fourth-order valence-corrected chi connectivity index (χ4v) is 1.41. The lowest BCUT2D eigenvalue weighted by molar-refractivity contribution is -0.142. The zero-order valence-electron chi connectivity index (χ0n) is 9.47. The lowest BCUT2D eigenvalue weighted by Gasteiger charge is -2.10.